The van der Waals surface area contributed by atoms with E-state index in [-0.39, 0.29) is 12.1 Å². The Morgan fingerprint density at radius 3 is 2.56 bits per heavy atom. The zero-order valence-electron chi connectivity index (χ0n) is 23.3. The van der Waals surface area contributed by atoms with Crippen LogP contribution < -0.4 is 21.0 Å². The van der Waals surface area contributed by atoms with E-state index in [4.69, 9.17) is 19.8 Å². The highest BCUT2D eigenvalue weighted by atomic mass is 32.2. The number of hydroxylamine groups is 1. The molecule has 0 bridgehead atoms. The second-order valence-electron chi connectivity index (χ2n) is 12.2. The normalized spacial score (nSPS) is 29.2. The summed E-state index contributed by atoms with van der Waals surface area (Å²) in [4.78, 5) is 34.0. The number of hydrogen-bond donors (Lipinski definition) is 3. The van der Waals surface area contributed by atoms with Crippen LogP contribution in [0.2, 0.25) is 0 Å². The SMILES string of the molecule is CC1CCC(Cn2c(N3CCCC3CS(C)=O)nc3nc(C4NOC(=O)N4)nc(N[C@H](C)C4CCC4)c32)CC1. The molecule has 12 heteroatoms. The molecule has 0 radical (unpaired) electrons. The second kappa shape index (κ2) is 11.2. The maximum Gasteiger partial charge on any atom is 0.427 e. The van der Waals surface area contributed by atoms with Crippen LogP contribution >= 0.6 is 0 Å². The van der Waals surface area contributed by atoms with Crippen molar-refractivity contribution in [2.75, 3.05) is 28.8 Å². The smallest absolute Gasteiger partial charge is 0.365 e. The molecule has 0 spiro atoms. The fraction of sp³-hybridized carbons (Fsp3) is 0.778. The van der Waals surface area contributed by atoms with Gasteiger partial charge in [-0.2, -0.15) is 4.98 Å². The van der Waals surface area contributed by atoms with Gasteiger partial charge in [0.2, 0.25) is 5.95 Å². The van der Waals surface area contributed by atoms with Crippen LogP contribution in [-0.2, 0) is 22.2 Å². The molecule has 6 rings (SSSR count). The Morgan fingerprint density at radius 1 is 1.10 bits per heavy atom. The fourth-order valence-corrected chi connectivity index (χ4v) is 7.54. The molecule has 2 aliphatic heterocycles. The summed E-state index contributed by atoms with van der Waals surface area (Å²) in [5.74, 6) is 4.69. The highest BCUT2D eigenvalue weighted by molar-refractivity contribution is 7.84. The minimum absolute atomic E-state index is 0.194. The van der Waals surface area contributed by atoms with Crippen LogP contribution in [0.3, 0.4) is 0 Å². The molecule has 11 nitrogen and oxygen atoms in total. The predicted molar refractivity (Wildman–Crippen MR) is 152 cm³/mol. The molecule has 2 saturated heterocycles. The average Bonchev–Trinajstić information content (AvgIpc) is 3.58. The number of aromatic nitrogens is 4. The van der Waals surface area contributed by atoms with Crippen molar-refractivity contribution in [2.24, 2.45) is 17.8 Å². The van der Waals surface area contributed by atoms with Gasteiger partial charge >= 0.3 is 6.09 Å². The zero-order chi connectivity index (χ0) is 27.1. The first-order chi connectivity index (χ1) is 18.9. The van der Waals surface area contributed by atoms with Crippen molar-refractivity contribution in [3.8, 4) is 0 Å². The van der Waals surface area contributed by atoms with Gasteiger partial charge in [0, 0.05) is 48.0 Å². The van der Waals surface area contributed by atoms with Crippen molar-refractivity contribution in [1.82, 2.24) is 30.3 Å². The van der Waals surface area contributed by atoms with Crippen molar-refractivity contribution in [1.29, 1.82) is 0 Å². The number of rotatable bonds is 9. The Bertz CT molecular complexity index is 1230. The van der Waals surface area contributed by atoms with E-state index < -0.39 is 23.1 Å². The lowest BCUT2D eigenvalue weighted by Gasteiger charge is -2.33. The number of amides is 1. The Morgan fingerprint density at radius 2 is 1.90 bits per heavy atom. The molecule has 4 atom stereocenters. The van der Waals surface area contributed by atoms with Gasteiger partial charge in [-0.1, -0.05) is 26.2 Å². The molecule has 4 fully saturated rings. The molecular weight excluding hydrogens is 516 g/mol. The van der Waals surface area contributed by atoms with Gasteiger partial charge in [0.1, 0.15) is 5.52 Å². The van der Waals surface area contributed by atoms with Crippen molar-refractivity contribution >= 4 is 39.8 Å². The van der Waals surface area contributed by atoms with Gasteiger partial charge in [-0.3, -0.25) is 9.53 Å². The van der Waals surface area contributed by atoms with Gasteiger partial charge in [-0.05, 0) is 63.2 Å². The number of nitrogens with zero attached hydrogens (tertiary/aromatic N) is 5. The van der Waals surface area contributed by atoms with Crippen LogP contribution in [-0.4, -0.2) is 60.5 Å². The van der Waals surface area contributed by atoms with Crippen LogP contribution in [0.4, 0.5) is 16.6 Å². The standard InChI is InChI=1S/C27H42N8O3S/c1-16-9-11-18(12-10-16)14-35-21-22(28-17(2)19-6-4-7-19)29-24(25-32-27(36)38-33-25)30-23(21)31-26(35)34-13-5-8-20(34)15-39(3)37/h16-20,25,33H,4-15H2,1-3H3,(H,32,36)(H,28,29,30)/t16?,17-,18?,20?,25?,39?/m1/s1. The molecule has 3 unspecified atom stereocenters. The third-order valence-corrected chi connectivity index (χ3v) is 10.1. The lowest BCUT2D eigenvalue weighted by Crippen LogP contribution is -2.36. The summed E-state index contributed by atoms with van der Waals surface area (Å²) in [6, 6.07) is 0.455. The largest absolute Gasteiger partial charge is 0.427 e. The quantitative estimate of drug-likeness (QED) is 0.421. The van der Waals surface area contributed by atoms with E-state index in [9.17, 15) is 9.00 Å². The molecule has 4 aliphatic rings. The Balaban J connectivity index is 1.45. The molecule has 4 heterocycles. The third kappa shape index (κ3) is 5.59. The summed E-state index contributed by atoms with van der Waals surface area (Å²) in [7, 11) is -0.887. The summed E-state index contributed by atoms with van der Waals surface area (Å²) >= 11 is 0. The van der Waals surface area contributed by atoms with Crippen LogP contribution in [0.5, 0.6) is 0 Å². The predicted octanol–water partition coefficient (Wildman–Crippen LogP) is 3.84. The minimum atomic E-state index is -0.887. The van der Waals surface area contributed by atoms with Gasteiger partial charge in [-0.25, -0.2) is 14.8 Å². The number of imidazole rings is 1. The van der Waals surface area contributed by atoms with Crippen LogP contribution in [0.25, 0.3) is 11.2 Å². The van der Waals surface area contributed by atoms with Crippen LogP contribution in [0.15, 0.2) is 0 Å². The summed E-state index contributed by atoms with van der Waals surface area (Å²) < 4.78 is 14.6. The zero-order valence-corrected chi connectivity index (χ0v) is 24.1. The molecule has 2 saturated carbocycles. The van der Waals surface area contributed by atoms with Gasteiger partial charge in [0.15, 0.2) is 23.5 Å². The Labute approximate surface area is 232 Å². The highest BCUT2D eigenvalue weighted by Crippen LogP contribution is 2.37. The first-order valence-corrected chi connectivity index (χ1v) is 16.4. The molecule has 2 aromatic heterocycles. The monoisotopic (exact) mass is 558 g/mol. The minimum Gasteiger partial charge on any atom is -0.365 e. The van der Waals surface area contributed by atoms with Crippen molar-refractivity contribution < 1.29 is 13.8 Å². The van der Waals surface area contributed by atoms with Gasteiger partial charge in [-0.15, -0.1) is 5.48 Å². The molecule has 3 N–H and O–H groups in total. The maximum atomic E-state index is 12.2. The number of fused-ring (bicyclic) bond motifs is 1. The molecule has 2 aliphatic carbocycles. The summed E-state index contributed by atoms with van der Waals surface area (Å²) in [5.41, 5.74) is 4.24. The van der Waals surface area contributed by atoms with Crippen molar-refractivity contribution in [3.63, 3.8) is 0 Å². The van der Waals surface area contributed by atoms with E-state index in [1.165, 1.54) is 44.9 Å². The van der Waals surface area contributed by atoms with Gasteiger partial charge in [0.25, 0.3) is 0 Å². The van der Waals surface area contributed by atoms with E-state index in [0.29, 0.717) is 29.1 Å². The topological polar surface area (TPSA) is 126 Å². The molecular formula is C27H42N8O3S. The Kier molecular flexibility index (Phi) is 7.67. The number of anilines is 2. The van der Waals surface area contributed by atoms with E-state index in [1.807, 2.05) is 0 Å². The number of carbonyl (C=O) groups is 1. The van der Waals surface area contributed by atoms with E-state index >= 15 is 0 Å². The van der Waals surface area contributed by atoms with Gasteiger partial charge < -0.3 is 19.6 Å². The van der Waals surface area contributed by atoms with Crippen LogP contribution in [0.1, 0.15) is 83.6 Å². The van der Waals surface area contributed by atoms with Crippen molar-refractivity contribution in [2.45, 2.75) is 96.4 Å². The molecule has 0 aromatic carbocycles. The summed E-state index contributed by atoms with van der Waals surface area (Å²) in [6.45, 7) is 6.34. The summed E-state index contributed by atoms with van der Waals surface area (Å²) in [5, 5.41) is 6.47. The molecule has 39 heavy (non-hydrogen) atoms. The lowest BCUT2D eigenvalue weighted by atomic mass is 9.80. The van der Waals surface area contributed by atoms with Crippen molar-refractivity contribution in [3.05, 3.63) is 5.82 Å². The number of hydrogen-bond acceptors (Lipinski definition) is 9. The summed E-state index contributed by atoms with van der Waals surface area (Å²) in [6.07, 6.45) is 11.3. The number of carbonyl (C=O) groups excluding carboxylic acids is 1. The van der Waals surface area contributed by atoms with Crippen LogP contribution in [0, 0.1) is 17.8 Å². The first kappa shape index (κ1) is 26.7. The van der Waals surface area contributed by atoms with E-state index in [0.717, 1.165) is 49.1 Å². The lowest BCUT2D eigenvalue weighted by molar-refractivity contribution is 0.120. The fourth-order valence-electron chi connectivity index (χ4n) is 6.66. The molecule has 214 valence electrons. The Hall–Kier alpha value is -2.47. The first-order valence-electron chi connectivity index (χ1n) is 14.7. The average molecular weight is 559 g/mol. The maximum absolute atomic E-state index is 12.2. The second-order valence-corrected chi connectivity index (χ2v) is 13.7. The molecule has 1 amide bonds. The highest BCUT2D eigenvalue weighted by Gasteiger charge is 2.34. The molecule has 2 aromatic rings. The number of nitrogens with one attached hydrogen (secondary N) is 3. The van der Waals surface area contributed by atoms with E-state index in [1.54, 1.807) is 6.26 Å². The van der Waals surface area contributed by atoms with E-state index in [2.05, 4.69) is 39.4 Å². The third-order valence-electron chi connectivity index (χ3n) is 9.25. The van der Waals surface area contributed by atoms with Gasteiger partial charge in [0.05, 0.1) is 0 Å².